The van der Waals surface area contributed by atoms with Gasteiger partial charge in [-0.2, -0.15) is 4.98 Å². The van der Waals surface area contributed by atoms with Crippen molar-refractivity contribution >= 4 is 48.7 Å². The Morgan fingerprint density at radius 3 is 2.55 bits per heavy atom. The van der Waals surface area contributed by atoms with Gasteiger partial charge in [0.2, 0.25) is 5.78 Å². The first-order chi connectivity index (χ1) is 21.4. The van der Waals surface area contributed by atoms with Crippen molar-refractivity contribution < 1.29 is 34.2 Å². The Bertz CT molecular complexity index is 1950. The average molecular weight is 645 g/mol. The van der Waals surface area contributed by atoms with Gasteiger partial charge < -0.3 is 33.2 Å². The van der Waals surface area contributed by atoms with E-state index in [1.54, 1.807) is 23.9 Å². The van der Waals surface area contributed by atoms with E-state index in [2.05, 4.69) is 24.0 Å². The number of fused-ring (bicyclic) bond motifs is 3. The van der Waals surface area contributed by atoms with Crippen LogP contribution in [0.4, 0.5) is 0 Å². The maximum absolute atomic E-state index is 13.3. The lowest BCUT2D eigenvalue weighted by atomic mass is 10.1. The van der Waals surface area contributed by atoms with Gasteiger partial charge >= 0.3 is 5.63 Å². The third kappa shape index (κ3) is 7.41. The molecule has 6 rings (SSSR count). The van der Waals surface area contributed by atoms with E-state index in [-0.39, 0.29) is 39.9 Å². The van der Waals surface area contributed by atoms with Gasteiger partial charge in [0, 0.05) is 36.2 Å². The molecule has 1 unspecified atom stereocenters. The second-order valence-electron chi connectivity index (χ2n) is 8.95. The Morgan fingerprint density at radius 1 is 1.07 bits per heavy atom. The third-order valence-electron chi connectivity index (χ3n) is 6.15. The number of H-pyrrole nitrogens is 1. The number of hydrogen-bond acceptors (Lipinski definition) is 11. The van der Waals surface area contributed by atoms with Crippen LogP contribution in [0.2, 0.25) is 0 Å². The van der Waals surface area contributed by atoms with Crippen LogP contribution in [-0.4, -0.2) is 71.6 Å². The van der Waals surface area contributed by atoms with Crippen molar-refractivity contribution in [3.05, 3.63) is 87.1 Å². The molecule has 232 valence electrons. The molecule has 6 aromatic rings. The molecule has 0 aliphatic rings. The summed E-state index contributed by atoms with van der Waals surface area (Å²) >= 11 is 1.30. The number of aliphatic hydroxyl groups is 2. The Morgan fingerprint density at radius 2 is 1.84 bits per heavy atom. The molecule has 0 amide bonds. The summed E-state index contributed by atoms with van der Waals surface area (Å²) in [6, 6.07) is 16.7. The Kier molecular flexibility index (Phi) is 11.8. The number of nitrogens with zero attached hydrogens (tertiary/aromatic N) is 4. The fraction of sp³-hybridized carbons (Fsp3) is 0.214. The first-order valence-corrected chi connectivity index (χ1v) is 14.7. The highest BCUT2D eigenvalue weighted by Gasteiger charge is 2.19. The minimum absolute atomic E-state index is 0.0617. The van der Waals surface area contributed by atoms with Crippen LogP contribution < -0.4 is 11.2 Å². The summed E-state index contributed by atoms with van der Waals surface area (Å²) < 4.78 is 17.8. The first-order valence-electron chi connectivity index (χ1n) is 13.1. The van der Waals surface area contributed by atoms with Crippen LogP contribution in [0.3, 0.4) is 0 Å². The van der Waals surface area contributed by atoms with Crippen LogP contribution in [0.25, 0.3) is 39.2 Å². The van der Waals surface area contributed by atoms with Crippen molar-refractivity contribution in [3.63, 3.8) is 0 Å². The van der Waals surface area contributed by atoms with Crippen molar-refractivity contribution in [2.45, 2.75) is 23.5 Å². The largest absolute Gasteiger partial charge is 0.423 e. The summed E-state index contributed by atoms with van der Waals surface area (Å²) in [5.74, 6) is 0.389. The molecule has 0 fully saturated rings. The van der Waals surface area contributed by atoms with E-state index in [9.17, 15) is 14.7 Å². The van der Waals surface area contributed by atoms with Crippen molar-refractivity contribution in [1.29, 1.82) is 0 Å². The summed E-state index contributed by atoms with van der Waals surface area (Å²) in [7, 11) is 1.61. The summed E-state index contributed by atoms with van der Waals surface area (Å²) in [5, 5.41) is 30.2. The summed E-state index contributed by atoms with van der Waals surface area (Å²) in [6.45, 7) is 2.36. The number of rotatable bonds is 9. The predicted octanol–water partition coefficient (Wildman–Crippen LogP) is 2.93. The fourth-order valence-electron chi connectivity index (χ4n) is 4.30. The van der Waals surface area contributed by atoms with Gasteiger partial charge in [0.15, 0.2) is 25.4 Å². The molecule has 0 aliphatic heterocycles. The van der Waals surface area contributed by atoms with Gasteiger partial charge in [-0.25, -0.2) is 14.2 Å². The normalized spacial score (nSPS) is 11.2. The second kappa shape index (κ2) is 15.7. The van der Waals surface area contributed by atoms with Crippen molar-refractivity contribution in [2.75, 3.05) is 26.9 Å². The number of aromatic nitrogens is 5. The zero-order valence-electron chi connectivity index (χ0n) is 23.7. The van der Waals surface area contributed by atoms with Crippen LogP contribution in [0.1, 0.15) is 5.56 Å². The molecule has 0 saturated carbocycles. The molecule has 4 aromatic heterocycles. The van der Waals surface area contributed by atoms with E-state index in [1.807, 2.05) is 49.4 Å². The van der Waals surface area contributed by atoms with Gasteiger partial charge in [-0.15, -0.1) is 5.26 Å². The molecule has 0 bridgehead atoms. The van der Waals surface area contributed by atoms with Gasteiger partial charge in [-0.05, 0) is 36.2 Å². The third-order valence-corrected chi connectivity index (χ3v) is 7.62. The minimum atomic E-state index is -0.410. The van der Waals surface area contributed by atoms with E-state index >= 15 is 0 Å². The molecule has 0 aliphatic carbocycles. The summed E-state index contributed by atoms with van der Waals surface area (Å²) in [5.41, 5.74) is 2.89. The first kappa shape index (κ1) is 33.0. The minimum Gasteiger partial charge on any atom is -0.423 e. The van der Waals surface area contributed by atoms with Crippen LogP contribution in [-0.2, 0) is 15.6 Å². The van der Waals surface area contributed by atoms with Crippen LogP contribution >= 0.6 is 20.8 Å². The summed E-state index contributed by atoms with van der Waals surface area (Å²) in [6.07, 6.45) is 1.71. The van der Waals surface area contributed by atoms with Gasteiger partial charge in [0.25, 0.3) is 5.56 Å². The Hall–Kier alpha value is -3.92. The standard InChI is InChI=1S/C25H19N5O4S.C3H9O3P.H2O2/c1-14-11-20(32)34-19-12-16(7-8-17(14)19)35-25-27-21-22(29(25)9-10-31)28-24-26-18(13-30(24)23(21)33)15-5-3-2-4-6-15;1-5-7-6-3-2-4;1-2/h2-8,11-13,31H,9-10H2,1H3,(H,26,28);4,7H,2-3H2,1H3;1-2H/p+1. The van der Waals surface area contributed by atoms with E-state index in [4.69, 9.17) is 20.0 Å². The monoisotopic (exact) mass is 644 g/mol. The molecule has 16 heteroatoms. The quantitative estimate of drug-likeness (QED) is 0.0450. The Balaban J connectivity index is 0.000000435. The number of imidazole rings is 2. The predicted molar refractivity (Wildman–Crippen MR) is 168 cm³/mol. The van der Waals surface area contributed by atoms with Crippen LogP contribution in [0.15, 0.2) is 84.9 Å². The molecule has 0 saturated heterocycles. The maximum Gasteiger partial charge on any atom is 0.336 e. The lowest BCUT2D eigenvalue weighted by Gasteiger charge is -2.07. The molecule has 44 heavy (non-hydrogen) atoms. The highest BCUT2D eigenvalue weighted by atomic mass is 32.2. The van der Waals surface area contributed by atoms with Crippen molar-refractivity contribution in [2.24, 2.45) is 0 Å². The molecule has 6 N–H and O–H groups in total. The molecule has 14 nitrogen and oxygen atoms in total. The molecular weight excluding hydrogens is 613 g/mol. The number of nitrogens with one attached hydrogen (secondary N) is 1. The van der Waals surface area contributed by atoms with Gasteiger partial charge in [0.1, 0.15) is 5.58 Å². The second-order valence-corrected chi connectivity index (χ2v) is 10.9. The average Bonchev–Trinajstić information content (AvgIpc) is 3.61. The highest BCUT2D eigenvalue weighted by molar-refractivity contribution is 7.99. The van der Waals surface area contributed by atoms with E-state index in [0.29, 0.717) is 28.8 Å². The van der Waals surface area contributed by atoms with Crippen molar-refractivity contribution in [1.82, 2.24) is 23.9 Å². The van der Waals surface area contributed by atoms with Crippen molar-refractivity contribution in [3.8, 4) is 11.3 Å². The van der Waals surface area contributed by atoms with E-state index < -0.39 is 5.63 Å². The van der Waals surface area contributed by atoms with Gasteiger partial charge in [0.05, 0.1) is 25.5 Å². The van der Waals surface area contributed by atoms with Gasteiger partial charge in [-0.3, -0.25) is 10.1 Å². The number of aromatic amines is 1. The number of aryl methyl sites for hydroxylation is 1. The molecule has 4 heterocycles. The molecule has 2 aromatic carbocycles. The SMILES string of the molecule is COPOCCO.Cc1cc(=O)oc2cc(Sc3nc4c(=O)n5cc(-c6ccccc6)[nH]c5nc4n3CCO)ccc12.O[OH2+]. The zero-order chi connectivity index (χ0) is 31.6. The lowest BCUT2D eigenvalue weighted by molar-refractivity contribution is -0.176. The smallest absolute Gasteiger partial charge is 0.336 e. The number of aliphatic hydroxyl groups excluding tert-OH is 2. The van der Waals surface area contributed by atoms with Gasteiger partial charge in [-0.1, -0.05) is 42.1 Å². The van der Waals surface area contributed by atoms with E-state index in [0.717, 1.165) is 27.1 Å². The topological polar surface area (TPSA) is 200 Å². The fourth-order valence-corrected chi connectivity index (χ4v) is 5.53. The van der Waals surface area contributed by atoms with E-state index in [1.165, 1.54) is 22.2 Å². The molecule has 0 radical (unpaired) electrons. The summed E-state index contributed by atoms with van der Waals surface area (Å²) in [4.78, 5) is 38.3. The highest BCUT2D eigenvalue weighted by Crippen LogP contribution is 2.32. The van der Waals surface area contributed by atoms with Crippen LogP contribution in [0.5, 0.6) is 0 Å². The molecule has 0 spiro atoms. The number of hydrogen-bond donors (Lipinski definition) is 4. The molecule has 1 atom stereocenters. The maximum atomic E-state index is 13.3. The lowest BCUT2D eigenvalue weighted by Crippen LogP contribution is -2.14. The number of benzene rings is 2. The zero-order valence-corrected chi connectivity index (χ0v) is 25.5. The molecular formula is C28H31N5O9PS+. The van der Waals surface area contributed by atoms with Crippen LogP contribution in [0, 0.1) is 6.92 Å². The Labute approximate surface area is 255 Å².